The van der Waals surface area contributed by atoms with Crippen molar-refractivity contribution < 1.29 is 4.89 Å². The van der Waals surface area contributed by atoms with Gasteiger partial charge in [0.25, 0.3) is 0 Å². The zero-order chi connectivity index (χ0) is 3.58. The Balaban J connectivity index is 0. The molecule has 0 aromatic carbocycles. The normalized spacial score (nSPS) is 12.2. The second-order valence-corrected chi connectivity index (χ2v) is 53.9. The first-order valence-electron chi connectivity index (χ1n) is 1.09. The van der Waals surface area contributed by atoms with E-state index in [2.05, 4.69) is 0 Å². The van der Waals surface area contributed by atoms with Gasteiger partial charge in [0, 0.05) is 0 Å². The van der Waals surface area contributed by atoms with E-state index >= 15 is 0 Å². The Kier molecular flexibility index (Phi) is 13.4. The van der Waals surface area contributed by atoms with E-state index in [1.54, 1.807) is 0 Å². The topological polar surface area (TPSA) is 20.2 Å². The van der Waals surface area contributed by atoms with Crippen LogP contribution >= 0.6 is 3.78 Å². The van der Waals surface area contributed by atoms with Crippen LogP contribution in [0.4, 0.5) is 0 Å². The third-order valence-electron chi connectivity index (χ3n) is 0. The summed E-state index contributed by atoms with van der Waals surface area (Å²) in [4.78, 5) is 8.30. The predicted molar refractivity (Wildman–Crippen MR) is 36.2 cm³/mol. The molecule has 5 heteroatoms. The summed E-state index contributed by atoms with van der Waals surface area (Å²) in [6.45, 7) is 0. The second kappa shape index (κ2) is 6.43. The summed E-state index contributed by atoms with van der Waals surface area (Å²) >= 11 is 1.41. The maximum atomic E-state index is 8.30. The van der Waals surface area contributed by atoms with Crippen LogP contribution in [-0.2, 0) is 0 Å². The fraction of sp³-hybridized carbons (Fsp3) is 0. The maximum Gasteiger partial charge on any atom is 0.187 e. The minimum Gasteiger partial charge on any atom is 0.187 e. The van der Waals surface area contributed by atoms with Gasteiger partial charge in [-0.2, -0.15) is 0 Å². The quantitative estimate of drug-likeness (QED) is 0.373. The first-order chi connectivity index (χ1) is 1.73. The first-order valence-corrected chi connectivity index (χ1v) is 16.6. The third-order valence-corrected chi connectivity index (χ3v) is 0. The van der Waals surface area contributed by atoms with Crippen molar-refractivity contribution in [1.82, 2.24) is 0 Å². The van der Waals surface area contributed by atoms with E-state index in [0.717, 1.165) is 18.1 Å². The number of hydrogen-bond donors (Lipinski definition) is 1. The zero-order valence-corrected chi connectivity index (χ0v) is 13.7. The Labute approximate surface area is 67.1 Å². The molecule has 0 aliphatic rings. The van der Waals surface area contributed by atoms with Gasteiger partial charge in [0.2, 0.25) is 0 Å². The van der Waals surface area contributed by atoms with Gasteiger partial charge in [0.05, 0.1) is 0 Å². The third kappa shape index (κ3) is 21.4. The summed E-state index contributed by atoms with van der Waals surface area (Å²) in [6, 6.07) is 0. The van der Waals surface area contributed by atoms with Crippen LogP contribution in [0.25, 0.3) is 0 Å². The fourth-order valence-corrected chi connectivity index (χ4v) is 0. The average molecular weight is 267 g/mol. The average Bonchev–Trinajstić information content (AvgIpc) is 0.811. The molecule has 0 aliphatic carbocycles. The molecule has 1 atom stereocenters. The number of rotatable bonds is 0. The van der Waals surface area contributed by atoms with Crippen molar-refractivity contribution in [1.29, 1.82) is 0 Å². The molecule has 0 aromatic heterocycles. The van der Waals surface area contributed by atoms with Crippen molar-refractivity contribution in [2.24, 2.45) is 0 Å². The Morgan fingerprint density at radius 1 is 1.80 bits per heavy atom. The van der Waals surface area contributed by atoms with Crippen LogP contribution in [0.15, 0.2) is 0 Å². The molecule has 0 heterocycles. The van der Waals surface area contributed by atoms with Gasteiger partial charge in [-0.25, -0.2) is 0 Å². The summed E-state index contributed by atoms with van der Waals surface area (Å²) in [7, 11) is 0. The van der Waals surface area contributed by atoms with Gasteiger partial charge in [-0.15, -0.1) is 0 Å². The fourth-order valence-electron chi connectivity index (χ4n) is 0. The standard InChI is InChI=1S/Al.Ga.In.HOP.7H/c;;;1-2;;;;;;;/h;;;1H;;;;;;;. The van der Waals surface area contributed by atoms with Gasteiger partial charge in [-0.3, -0.25) is 0 Å². The molecule has 0 amide bonds. The molecule has 0 saturated heterocycles. The van der Waals surface area contributed by atoms with Crippen LogP contribution in [0.1, 0.15) is 0 Å². The van der Waals surface area contributed by atoms with Gasteiger partial charge in [-0.05, 0) is 0 Å². The van der Waals surface area contributed by atoms with E-state index in [-0.39, 0.29) is 21.1 Å². The van der Waals surface area contributed by atoms with E-state index in [0.29, 0.717) is 23.8 Å². The van der Waals surface area contributed by atoms with Crippen LogP contribution in [-0.4, -0.2) is 64.2 Å². The van der Waals surface area contributed by atoms with E-state index in [1.807, 2.05) is 0 Å². The Hall–Kier alpha value is 2.43. The smallest absolute Gasteiger partial charge is 0.187 e. The van der Waals surface area contributed by atoms with Gasteiger partial charge >= 0.3 is 50.6 Å². The van der Waals surface area contributed by atoms with Crippen molar-refractivity contribution >= 4 is 63.1 Å². The Morgan fingerprint density at radius 3 is 1.80 bits per heavy atom. The van der Waals surface area contributed by atoms with Crippen molar-refractivity contribution in [3.8, 4) is 0 Å². The van der Waals surface area contributed by atoms with Gasteiger partial charge < -0.3 is 0 Å². The summed E-state index contributed by atoms with van der Waals surface area (Å²) < 4.78 is -0.223. The molecule has 0 spiro atoms. The molecular formula is H8AlGaInOP. The molecule has 0 bridgehead atoms. The molecule has 1 N–H and O–H groups in total. The Bertz CT molecular complexity index is 16.4. The molecule has 0 saturated carbocycles. The van der Waals surface area contributed by atoms with Crippen molar-refractivity contribution in [3.63, 3.8) is 0 Å². The second-order valence-electron chi connectivity index (χ2n) is 0.847. The zero-order valence-electron chi connectivity index (χ0n) is 2.89. The number of hydrogen-bond acceptors (Lipinski definition) is 1. The van der Waals surface area contributed by atoms with Crippen LogP contribution in [0, 0.1) is 0 Å². The van der Waals surface area contributed by atoms with E-state index in [4.69, 9.17) is 4.89 Å². The van der Waals surface area contributed by atoms with Crippen molar-refractivity contribution in [2.45, 2.75) is 0 Å². The molecular weight excluding hydrogens is 258 g/mol. The predicted octanol–water partition coefficient (Wildman–Crippen LogP) is -2.71. The maximum absolute atomic E-state index is 8.30. The van der Waals surface area contributed by atoms with Crippen molar-refractivity contribution in [2.75, 3.05) is 0 Å². The molecule has 28 valence electrons. The minimum absolute atomic E-state index is 0. The van der Waals surface area contributed by atoms with Crippen molar-refractivity contribution in [3.05, 3.63) is 0 Å². The molecule has 0 aliphatic heterocycles. The van der Waals surface area contributed by atoms with Gasteiger partial charge in [-0.1, -0.05) is 0 Å². The summed E-state index contributed by atoms with van der Waals surface area (Å²) in [5.74, 6) is 0. The SMILES string of the molecule is O[P]([GaH2])[InH2].[AlH3]. The minimum atomic E-state index is -0.223. The molecule has 5 heavy (non-hydrogen) atoms. The van der Waals surface area contributed by atoms with E-state index in [9.17, 15) is 0 Å². The van der Waals surface area contributed by atoms with Crippen LogP contribution in [0.5, 0.6) is 0 Å². The molecule has 0 aromatic rings. The summed E-state index contributed by atoms with van der Waals surface area (Å²) in [5.41, 5.74) is 0. The monoisotopic (exact) mass is 266 g/mol. The molecule has 0 rings (SSSR count). The largest absolute Gasteiger partial charge is 0.187 e. The van der Waals surface area contributed by atoms with Crippen LogP contribution in [0.2, 0.25) is 0 Å². The summed E-state index contributed by atoms with van der Waals surface area (Å²) in [5, 5.41) is 0. The van der Waals surface area contributed by atoms with E-state index < -0.39 is 0 Å². The summed E-state index contributed by atoms with van der Waals surface area (Å²) in [6.07, 6.45) is 0. The van der Waals surface area contributed by atoms with Crippen LogP contribution < -0.4 is 0 Å². The first kappa shape index (κ1) is 10.4. The molecule has 0 fully saturated rings. The molecule has 1 nitrogen and oxygen atoms in total. The van der Waals surface area contributed by atoms with E-state index in [1.165, 1.54) is 0 Å². The van der Waals surface area contributed by atoms with Crippen LogP contribution in [0.3, 0.4) is 0 Å². The molecule has 1 unspecified atom stereocenters. The van der Waals surface area contributed by atoms with Gasteiger partial charge in [0.15, 0.2) is 17.4 Å². The molecule has 0 radical (unpaired) electrons. The van der Waals surface area contributed by atoms with Gasteiger partial charge in [0.1, 0.15) is 0 Å². The Morgan fingerprint density at radius 2 is 1.80 bits per heavy atom.